The van der Waals surface area contributed by atoms with Crippen LogP contribution in [0.1, 0.15) is 19.8 Å². The molecule has 1 saturated heterocycles. The number of piperidine rings is 1. The van der Waals surface area contributed by atoms with Crippen molar-refractivity contribution in [2.24, 2.45) is 11.7 Å². The van der Waals surface area contributed by atoms with Crippen LogP contribution in [0.3, 0.4) is 0 Å². The highest BCUT2D eigenvalue weighted by molar-refractivity contribution is 7.89. The molecule has 138 valence electrons. The molecule has 0 amide bonds. The Kier molecular flexibility index (Phi) is 6.92. The molecule has 2 N–H and O–H groups in total. The molecule has 5 nitrogen and oxygen atoms in total. The molecule has 2 unspecified atom stereocenters. The number of rotatable bonds is 4. The van der Waals surface area contributed by atoms with Crippen molar-refractivity contribution in [3.63, 3.8) is 0 Å². The van der Waals surface area contributed by atoms with E-state index in [1.54, 1.807) is 0 Å². The lowest BCUT2D eigenvalue weighted by Crippen LogP contribution is -2.49. The molecule has 1 aliphatic rings. The average molecular weight is 389 g/mol. The van der Waals surface area contributed by atoms with E-state index < -0.39 is 33.1 Å². The summed E-state index contributed by atoms with van der Waals surface area (Å²) < 4.78 is 68.1. The number of hydrogen-bond donors (Lipinski definition) is 1. The van der Waals surface area contributed by atoms with Crippen LogP contribution in [-0.2, 0) is 10.0 Å². The normalized spacial score (nSPS) is 22.7. The standard InChI is InChI=1S/C14H19F3N2O3S.ClH/c1-10-6-7-19(11(8-10)9-18)23(20,21)13-5-3-2-4-12(13)22-14(15,16)17;/h2-5,10-11H,6-9,18H2,1H3;1H. The Morgan fingerprint density at radius 1 is 1.33 bits per heavy atom. The second kappa shape index (κ2) is 7.90. The molecule has 1 fully saturated rings. The minimum atomic E-state index is -4.96. The van der Waals surface area contributed by atoms with Crippen LogP contribution in [0.25, 0.3) is 0 Å². The minimum Gasteiger partial charge on any atom is -0.404 e. The number of nitrogens with two attached hydrogens (primary N) is 1. The highest BCUT2D eigenvalue weighted by atomic mass is 35.5. The highest BCUT2D eigenvalue weighted by Crippen LogP contribution is 2.34. The molecule has 0 saturated carbocycles. The fraction of sp³-hybridized carbons (Fsp3) is 0.571. The number of hydrogen-bond acceptors (Lipinski definition) is 4. The number of halogens is 4. The zero-order chi connectivity index (χ0) is 17.3. The van der Waals surface area contributed by atoms with Gasteiger partial charge in [-0.15, -0.1) is 25.6 Å². The van der Waals surface area contributed by atoms with Gasteiger partial charge >= 0.3 is 6.36 Å². The van der Waals surface area contributed by atoms with Crippen molar-refractivity contribution < 1.29 is 26.3 Å². The molecular weight excluding hydrogens is 369 g/mol. The molecule has 2 atom stereocenters. The smallest absolute Gasteiger partial charge is 0.404 e. The van der Waals surface area contributed by atoms with Gasteiger partial charge in [0.2, 0.25) is 10.0 Å². The summed E-state index contributed by atoms with van der Waals surface area (Å²) in [5.41, 5.74) is 5.65. The van der Waals surface area contributed by atoms with Crippen molar-refractivity contribution in [1.29, 1.82) is 0 Å². The molecule has 1 heterocycles. The third-order valence-corrected chi connectivity index (χ3v) is 5.85. The first-order valence-electron chi connectivity index (χ1n) is 7.22. The first-order valence-corrected chi connectivity index (χ1v) is 8.66. The van der Waals surface area contributed by atoms with Crippen LogP contribution in [0.15, 0.2) is 29.2 Å². The zero-order valence-corrected chi connectivity index (χ0v) is 14.6. The Morgan fingerprint density at radius 3 is 2.54 bits per heavy atom. The van der Waals surface area contributed by atoms with Gasteiger partial charge < -0.3 is 10.5 Å². The summed E-state index contributed by atoms with van der Waals surface area (Å²) in [6.45, 7) is 2.34. The molecule has 1 aliphatic heterocycles. The highest BCUT2D eigenvalue weighted by Gasteiger charge is 2.39. The summed E-state index contributed by atoms with van der Waals surface area (Å²) in [6, 6.07) is 4.33. The van der Waals surface area contributed by atoms with Crippen molar-refractivity contribution in [3.8, 4) is 5.75 Å². The molecular formula is C14H20ClF3N2O3S. The molecule has 0 aliphatic carbocycles. The number of benzene rings is 1. The van der Waals surface area contributed by atoms with Crippen LogP contribution in [-0.4, -0.2) is 38.2 Å². The quantitative estimate of drug-likeness (QED) is 0.860. The van der Waals surface area contributed by atoms with E-state index >= 15 is 0 Å². The number of nitrogens with zero attached hydrogens (tertiary/aromatic N) is 1. The van der Waals surface area contributed by atoms with Gasteiger partial charge in [0.05, 0.1) is 0 Å². The minimum absolute atomic E-state index is 0. The lowest BCUT2D eigenvalue weighted by Gasteiger charge is -2.37. The van der Waals surface area contributed by atoms with E-state index in [4.69, 9.17) is 5.73 Å². The van der Waals surface area contributed by atoms with Crippen molar-refractivity contribution in [2.45, 2.75) is 37.1 Å². The summed E-state index contributed by atoms with van der Waals surface area (Å²) in [6.07, 6.45) is -3.74. The summed E-state index contributed by atoms with van der Waals surface area (Å²) in [7, 11) is -4.12. The predicted octanol–water partition coefficient (Wildman–Crippen LogP) is 2.75. The molecule has 1 aromatic rings. The van der Waals surface area contributed by atoms with E-state index in [1.807, 2.05) is 6.92 Å². The molecule has 2 rings (SSSR count). The Balaban J connectivity index is 0.00000288. The van der Waals surface area contributed by atoms with E-state index in [-0.39, 0.29) is 25.5 Å². The lowest BCUT2D eigenvalue weighted by atomic mass is 9.94. The van der Waals surface area contributed by atoms with Crippen molar-refractivity contribution in [1.82, 2.24) is 4.31 Å². The van der Waals surface area contributed by atoms with Crippen LogP contribution < -0.4 is 10.5 Å². The SMILES string of the molecule is CC1CCN(S(=O)(=O)c2ccccc2OC(F)(F)F)C(CN)C1.Cl. The largest absolute Gasteiger partial charge is 0.573 e. The Morgan fingerprint density at radius 2 is 1.96 bits per heavy atom. The van der Waals surface area contributed by atoms with E-state index in [0.717, 1.165) is 12.1 Å². The van der Waals surface area contributed by atoms with E-state index in [2.05, 4.69) is 4.74 Å². The van der Waals surface area contributed by atoms with Crippen LogP contribution in [0.2, 0.25) is 0 Å². The summed E-state index contributed by atoms with van der Waals surface area (Å²) in [5, 5.41) is 0. The van der Waals surface area contributed by atoms with Gasteiger partial charge in [-0.2, -0.15) is 4.31 Å². The van der Waals surface area contributed by atoms with Crippen LogP contribution in [0, 0.1) is 5.92 Å². The van der Waals surface area contributed by atoms with Gasteiger partial charge in [-0.05, 0) is 30.9 Å². The third kappa shape index (κ3) is 4.75. The topological polar surface area (TPSA) is 72.6 Å². The van der Waals surface area contributed by atoms with Gasteiger partial charge in [0.25, 0.3) is 0 Å². The number of ether oxygens (including phenoxy) is 1. The maximum Gasteiger partial charge on any atom is 0.573 e. The fourth-order valence-corrected chi connectivity index (χ4v) is 4.54. The second-order valence-corrected chi connectivity index (χ2v) is 7.49. The maximum atomic E-state index is 12.8. The first kappa shape index (κ1) is 21.0. The molecule has 10 heteroatoms. The monoisotopic (exact) mass is 388 g/mol. The average Bonchev–Trinajstić information content (AvgIpc) is 2.45. The maximum absolute atomic E-state index is 12.8. The first-order chi connectivity index (χ1) is 10.6. The molecule has 0 bridgehead atoms. The van der Waals surface area contributed by atoms with Crippen molar-refractivity contribution in [2.75, 3.05) is 13.1 Å². The second-order valence-electron chi connectivity index (χ2n) is 5.63. The predicted molar refractivity (Wildman–Crippen MR) is 85.5 cm³/mol. The van der Waals surface area contributed by atoms with Crippen molar-refractivity contribution >= 4 is 22.4 Å². The Bertz CT molecular complexity index is 655. The third-order valence-electron chi connectivity index (χ3n) is 3.86. The Labute approximate surface area is 145 Å². The summed E-state index contributed by atoms with van der Waals surface area (Å²) in [4.78, 5) is -0.495. The number of alkyl halides is 3. The fourth-order valence-electron chi connectivity index (χ4n) is 2.76. The van der Waals surface area contributed by atoms with E-state index in [0.29, 0.717) is 18.8 Å². The lowest BCUT2D eigenvalue weighted by molar-refractivity contribution is -0.275. The van der Waals surface area contributed by atoms with Gasteiger partial charge in [0.15, 0.2) is 0 Å². The van der Waals surface area contributed by atoms with Gasteiger partial charge in [0.1, 0.15) is 10.6 Å². The van der Waals surface area contributed by atoms with E-state index in [1.165, 1.54) is 16.4 Å². The molecule has 0 radical (unpaired) electrons. The van der Waals surface area contributed by atoms with Gasteiger partial charge in [-0.1, -0.05) is 19.1 Å². The molecule has 0 spiro atoms. The molecule has 24 heavy (non-hydrogen) atoms. The van der Waals surface area contributed by atoms with Crippen LogP contribution >= 0.6 is 12.4 Å². The Hall–Kier alpha value is -1.03. The zero-order valence-electron chi connectivity index (χ0n) is 13.0. The summed E-state index contributed by atoms with van der Waals surface area (Å²) in [5.74, 6) is -0.411. The van der Waals surface area contributed by atoms with Gasteiger partial charge in [0, 0.05) is 19.1 Å². The van der Waals surface area contributed by atoms with E-state index in [9.17, 15) is 21.6 Å². The van der Waals surface area contributed by atoms with Crippen molar-refractivity contribution in [3.05, 3.63) is 24.3 Å². The van der Waals surface area contributed by atoms with Gasteiger partial charge in [-0.25, -0.2) is 8.42 Å². The number of para-hydroxylation sites is 1. The summed E-state index contributed by atoms with van der Waals surface area (Å²) >= 11 is 0. The molecule has 1 aromatic carbocycles. The molecule has 0 aromatic heterocycles. The van der Waals surface area contributed by atoms with Gasteiger partial charge in [-0.3, -0.25) is 0 Å². The van der Waals surface area contributed by atoms with Crippen LogP contribution in [0.4, 0.5) is 13.2 Å². The number of sulfonamides is 1. The van der Waals surface area contributed by atoms with Crippen LogP contribution in [0.5, 0.6) is 5.75 Å².